The average Bonchev–Trinajstić information content (AvgIpc) is 2.52. The van der Waals surface area contributed by atoms with E-state index in [1.54, 1.807) is 0 Å². The average molecular weight is 328 g/mol. The van der Waals surface area contributed by atoms with Crippen molar-refractivity contribution in [2.75, 3.05) is 13.7 Å². The van der Waals surface area contributed by atoms with Gasteiger partial charge in [0, 0.05) is 12.8 Å². The van der Waals surface area contributed by atoms with Crippen molar-refractivity contribution in [3.8, 4) is 0 Å². The Hall–Kier alpha value is -0.120. The van der Waals surface area contributed by atoms with Crippen molar-refractivity contribution in [1.82, 2.24) is 0 Å². The molecular formula is C20H41NO2. The van der Waals surface area contributed by atoms with Crippen LogP contribution in [0.5, 0.6) is 0 Å². The van der Waals surface area contributed by atoms with Gasteiger partial charge in [-0.05, 0) is 19.3 Å². The predicted octanol–water partition coefficient (Wildman–Crippen LogP) is 5.81. The number of likely N-dealkylation sites (N-methyl/N-ethyl adjacent to an activating group) is 1. The highest BCUT2D eigenvalue weighted by molar-refractivity contribution is 4.80. The quantitative estimate of drug-likeness (QED) is 0.257. The Morgan fingerprint density at radius 2 is 1.35 bits per heavy atom. The smallest absolute Gasteiger partial charge is 0.115 e. The minimum Gasteiger partial charge on any atom is -0.632 e. The number of morpholine rings is 1. The second-order valence-corrected chi connectivity index (χ2v) is 7.64. The van der Waals surface area contributed by atoms with Gasteiger partial charge in [0.05, 0.1) is 13.7 Å². The van der Waals surface area contributed by atoms with Crippen LogP contribution in [0.15, 0.2) is 0 Å². The largest absolute Gasteiger partial charge is 0.632 e. The number of hydroxylamine groups is 3. The molecule has 0 spiro atoms. The van der Waals surface area contributed by atoms with E-state index in [0.29, 0.717) is 6.61 Å². The molecule has 3 nitrogen and oxygen atoms in total. The van der Waals surface area contributed by atoms with E-state index in [0.717, 1.165) is 19.3 Å². The minimum absolute atomic E-state index is 0.0514. The molecule has 1 rings (SSSR count). The molecule has 23 heavy (non-hydrogen) atoms. The third-order valence-corrected chi connectivity index (χ3v) is 5.65. The van der Waals surface area contributed by atoms with Crippen LogP contribution in [0.4, 0.5) is 0 Å². The Bertz CT molecular complexity index is 293. The van der Waals surface area contributed by atoms with Crippen LogP contribution in [0.2, 0.25) is 0 Å². The normalized spacial score (nSPS) is 31.4. The first-order valence-corrected chi connectivity index (χ1v) is 10.3. The molecule has 4 unspecified atom stereocenters. The first kappa shape index (κ1) is 20.9. The number of rotatable bonds is 12. The lowest BCUT2D eigenvalue weighted by Gasteiger charge is -2.56. The summed E-state index contributed by atoms with van der Waals surface area (Å²) in [6.45, 7) is 7.36. The molecule has 1 fully saturated rings. The lowest BCUT2D eigenvalue weighted by Crippen LogP contribution is -2.64. The van der Waals surface area contributed by atoms with Crippen molar-refractivity contribution in [3.63, 3.8) is 0 Å². The molecule has 0 amide bonds. The first-order valence-electron chi connectivity index (χ1n) is 10.3. The highest BCUT2D eigenvalue weighted by Crippen LogP contribution is 2.33. The summed E-state index contributed by atoms with van der Waals surface area (Å²) < 4.78 is 6.18. The van der Waals surface area contributed by atoms with Gasteiger partial charge in [0.25, 0.3) is 0 Å². The maximum atomic E-state index is 13.5. The zero-order valence-electron chi connectivity index (χ0n) is 16.2. The molecule has 1 saturated heterocycles. The molecule has 1 aliphatic rings. The Morgan fingerprint density at radius 3 is 1.91 bits per heavy atom. The maximum Gasteiger partial charge on any atom is 0.115 e. The number of unbranched alkanes of at least 4 members (excludes halogenated alkanes) is 6. The standard InChI is InChI=1S/C20H41NO2/c1-5-8-11-14-18-17-23-20(16-13-10-7-3)19(21(18,4)22)15-12-9-6-2/h18-20H,5-17H2,1-4H3. The molecule has 0 aromatic heterocycles. The molecule has 3 heteroatoms. The van der Waals surface area contributed by atoms with E-state index in [9.17, 15) is 5.21 Å². The fraction of sp³-hybridized carbons (Fsp3) is 1.00. The molecule has 0 radical (unpaired) electrons. The monoisotopic (exact) mass is 327 g/mol. The number of quaternary nitrogens is 1. The third kappa shape index (κ3) is 6.72. The Balaban J connectivity index is 2.66. The second kappa shape index (κ2) is 11.4. The Morgan fingerprint density at radius 1 is 0.826 bits per heavy atom. The van der Waals surface area contributed by atoms with Crippen molar-refractivity contribution >= 4 is 0 Å². The zero-order chi connectivity index (χ0) is 17.1. The number of ether oxygens (including phenoxy) is 1. The van der Waals surface area contributed by atoms with Crippen LogP contribution in [0.25, 0.3) is 0 Å². The molecule has 0 saturated carbocycles. The van der Waals surface area contributed by atoms with Gasteiger partial charge in [-0.3, -0.25) is 0 Å². The lowest BCUT2D eigenvalue weighted by molar-refractivity contribution is -0.925. The van der Waals surface area contributed by atoms with Crippen LogP contribution in [0.1, 0.15) is 97.8 Å². The molecule has 0 aromatic rings. The molecular weight excluding hydrogens is 286 g/mol. The van der Waals surface area contributed by atoms with Gasteiger partial charge in [-0.25, -0.2) is 0 Å². The molecule has 0 N–H and O–H groups in total. The molecule has 1 aliphatic heterocycles. The molecule has 1 heterocycles. The van der Waals surface area contributed by atoms with Crippen LogP contribution in [0.3, 0.4) is 0 Å². The van der Waals surface area contributed by atoms with Gasteiger partial charge in [-0.15, -0.1) is 0 Å². The van der Waals surface area contributed by atoms with Gasteiger partial charge in [0.15, 0.2) is 0 Å². The summed E-state index contributed by atoms with van der Waals surface area (Å²) in [4.78, 5) is 0. The molecule has 0 bridgehead atoms. The van der Waals surface area contributed by atoms with E-state index in [1.165, 1.54) is 57.8 Å². The van der Waals surface area contributed by atoms with Crippen molar-refractivity contribution < 1.29 is 9.38 Å². The Labute approximate surface area is 144 Å². The number of nitrogens with zero attached hydrogens (tertiary/aromatic N) is 1. The summed E-state index contributed by atoms with van der Waals surface area (Å²) in [5.41, 5.74) is 0. The van der Waals surface area contributed by atoms with Gasteiger partial charge in [0.1, 0.15) is 18.2 Å². The van der Waals surface area contributed by atoms with Gasteiger partial charge >= 0.3 is 0 Å². The SMILES string of the molecule is CCCCCC1OCC(CCCCC)[N+](C)([O-])C1CCCCC. The summed E-state index contributed by atoms with van der Waals surface area (Å²) in [6.07, 6.45) is 14.3. The highest BCUT2D eigenvalue weighted by atomic mass is 16.6. The third-order valence-electron chi connectivity index (χ3n) is 5.65. The van der Waals surface area contributed by atoms with Crippen LogP contribution < -0.4 is 0 Å². The topological polar surface area (TPSA) is 32.3 Å². The van der Waals surface area contributed by atoms with Crippen molar-refractivity contribution in [3.05, 3.63) is 5.21 Å². The fourth-order valence-electron chi connectivity index (χ4n) is 3.98. The summed E-state index contributed by atoms with van der Waals surface area (Å²) >= 11 is 0. The van der Waals surface area contributed by atoms with Gasteiger partial charge < -0.3 is 14.6 Å². The van der Waals surface area contributed by atoms with Gasteiger partial charge in [0.2, 0.25) is 0 Å². The van der Waals surface area contributed by atoms with Gasteiger partial charge in [-0.1, -0.05) is 65.7 Å². The first-order chi connectivity index (χ1) is 11.1. The molecule has 138 valence electrons. The predicted molar refractivity (Wildman–Crippen MR) is 99.3 cm³/mol. The molecule has 0 aliphatic carbocycles. The van der Waals surface area contributed by atoms with E-state index in [1.807, 2.05) is 7.05 Å². The van der Waals surface area contributed by atoms with Gasteiger partial charge in [-0.2, -0.15) is 0 Å². The van der Waals surface area contributed by atoms with E-state index >= 15 is 0 Å². The number of hydrogen-bond acceptors (Lipinski definition) is 2. The maximum absolute atomic E-state index is 13.5. The summed E-state index contributed by atoms with van der Waals surface area (Å²) in [7, 11) is 1.93. The van der Waals surface area contributed by atoms with E-state index < -0.39 is 0 Å². The van der Waals surface area contributed by atoms with Crippen molar-refractivity contribution in [2.45, 2.75) is 116 Å². The van der Waals surface area contributed by atoms with Crippen molar-refractivity contribution in [2.24, 2.45) is 0 Å². The lowest BCUT2D eigenvalue weighted by atomic mass is 9.92. The highest BCUT2D eigenvalue weighted by Gasteiger charge is 2.42. The molecule has 0 aromatic carbocycles. The van der Waals surface area contributed by atoms with Crippen LogP contribution in [0, 0.1) is 5.21 Å². The minimum atomic E-state index is -0.0514. The van der Waals surface area contributed by atoms with E-state index in [4.69, 9.17) is 4.74 Å². The summed E-state index contributed by atoms with van der Waals surface area (Å²) in [6, 6.07) is 0.300. The zero-order valence-corrected chi connectivity index (χ0v) is 16.2. The van der Waals surface area contributed by atoms with Crippen LogP contribution in [-0.2, 0) is 4.74 Å². The summed E-state index contributed by atoms with van der Waals surface area (Å²) in [5.74, 6) is 0. The molecule has 4 atom stereocenters. The van der Waals surface area contributed by atoms with E-state index in [-0.39, 0.29) is 22.8 Å². The fourth-order valence-corrected chi connectivity index (χ4v) is 3.98. The second-order valence-electron chi connectivity index (χ2n) is 7.64. The van der Waals surface area contributed by atoms with Crippen LogP contribution in [-0.4, -0.2) is 36.5 Å². The Kier molecular flexibility index (Phi) is 10.4. The van der Waals surface area contributed by atoms with Crippen molar-refractivity contribution in [1.29, 1.82) is 0 Å². The summed E-state index contributed by atoms with van der Waals surface area (Å²) in [5, 5.41) is 13.5. The number of hydrogen-bond donors (Lipinski definition) is 0. The van der Waals surface area contributed by atoms with Crippen LogP contribution >= 0.6 is 0 Å². The van der Waals surface area contributed by atoms with E-state index in [2.05, 4.69) is 20.8 Å².